The maximum absolute atomic E-state index is 13.6. The third-order valence-electron chi connectivity index (χ3n) is 3.63. The molecule has 0 atom stereocenters. The van der Waals surface area contributed by atoms with E-state index in [0.29, 0.717) is 31.7 Å². The Kier molecular flexibility index (Phi) is 5.14. The highest BCUT2D eigenvalue weighted by Crippen LogP contribution is 2.18. The molecule has 0 bridgehead atoms. The molecule has 0 aliphatic carbocycles. The van der Waals surface area contributed by atoms with Gasteiger partial charge in [-0.2, -0.15) is 0 Å². The molecule has 118 valence electrons. The van der Waals surface area contributed by atoms with Crippen LogP contribution in [0.25, 0.3) is 6.08 Å². The molecule has 0 unspecified atom stereocenters. The molecular formula is C16H19FN2O3. The second-order valence-electron chi connectivity index (χ2n) is 5.06. The van der Waals surface area contributed by atoms with E-state index in [1.807, 2.05) is 0 Å². The Hall–Kier alpha value is -2.37. The van der Waals surface area contributed by atoms with Gasteiger partial charge in [0.2, 0.25) is 11.8 Å². The predicted octanol–water partition coefficient (Wildman–Crippen LogP) is 1.54. The van der Waals surface area contributed by atoms with Gasteiger partial charge in [0.15, 0.2) is 11.6 Å². The number of carbonyl (C=O) groups is 2. The van der Waals surface area contributed by atoms with Crippen molar-refractivity contribution in [1.29, 1.82) is 0 Å². The summed E-state index contributed by atoms with van der Waals surface area (Å²) in [5.74, 6) is -0.410. The standard InChI is InChI=1S/C16H19FN2O3/c1-12(20)18-7-9-19(10-8-18)16(21)6-4-13-3-5-15(22-2)14(17)11-13/h3-6,11H,7-10H2,1-2H3/b6-4+. The van der Waals surface area contributed by atoms with E-state index in [1.54, 1.807) is 21.9 Å². The Labute approximate surface area is 129 Å². The van der Waals surface area contributed by atoms with E-state index in [0.717, 1.165) is 0 Å². The molecular weight excluding hydrogens is 287 g/mol. The molecule has 1 heterocycles. The number of carbonyl (C=O) groups excluding carboxylic acids is 2. The highest BCUT2D eigenvalue weighted by atomic mass is 19.1. The average Bonchev–Trinajstić information content (AvgIpc) is 2.52. The summed E-state index contributed by atoms with van der Waals surface area (Å²) in [5, 5.41) is 0. The first-order valence-corrected chi connectivity index (χ1v) is 7.07. The minimum atomic E-state index is -0.466. The van der Waals surface area contributed by atoms with E-state index < -0.39 is 5.82 Å². The highest BCUT2D eigenvalue weighted by Gasteiger charge is 2.20. The van der Waals surface area contributed by atoms with Crippen molar-refractivity contribution in [3.63, 3.8) is 0 Å². The van der Waals surface area contributed by atoms with Crippen molar-refractivity contribution >= 4 is 17.9 Å². The van der Waals surface area contributed by atoms with E-state index >= 15 is 0 Å². The van der Waals surface area contributed by atoms with Crippen LogP contribution in [-0.4, -0.2) is 54.9 Å². The number of hydrogen-bond acceptors (Lipinski definition) is 3. The third kappa shape index (κ3) is 3.84. The summed E-state index contributed by atoms with van der Waals surface area (Å²) < 4.78 is 18.4. The number of rotatable bonds is 3. The van der Waals surface area contributed by atoms with Gasteiger partial charge >= 0.3 is 0 Å². The topological polar surface area (TPSA) is 49.9 Å². The molecule has 6 heteroatoms. The zero-order chi connectivity index (χ0) is 16.1. The number of hydrogen-bond donors (Lipinski definition) is 0. The van der Waals surface area contributed by atoms with Gasteiger partial charge < -0.3 is 14.5 Å². The fourth-order valence-corrected chi connectivity index (χ4v) is 2.30. The van der Waals surface area contributed by atoms with Crippen LogP contribution in [0, 0.1) is 5.82 Å². The number of amides is 2. The van der Waals surface area contributed by atoms with Gasteiger partial charge in [-0.3, -0.25) is 9.59 Å². The number of halogens is 1. The van der Waals surface area contributed by atoms with Crippen molar-refractivity contribution < 1.29 is 18.7 Å². The van der Waals surface area contributed by atoms with Gasteiger partial charge in [0.05, 0.1) is 7.11 Å². The Morgan fingerprint density at radius 2 is 1.82 bits per heavy atom. The molecule has 0 saturated carbocycles. The average molecular weight is 306 g/mol. The lowest BCUT2D eigenvalue weighted by Crippen LogP contribution is -2.49. The van der Waals surface area contributed by atoms with Crippen molar-refractivity contribution in [2.75, 3.05) is 33.3 Å². The van der Waals surface area contributed by atoms with Crippen LogP contribution in [0.5, 0.6) is 5.75 Å². The van der Waals surface area contributed by atoms with Crippen molar-refractivity contribution in [2.45, 2.75) is 6.92 Å². The zero-order valence-corrected chi connectivity index (χ0v) is 12.7. The molecule has 2 amide bonds. The summed E-state index contributed by atoms with van der Waals surface area (Å²) in [4.78, 5) is 26.7. The summed E-state index contributed by atoms with van der Waals surface area (Å²) in [6, 6.07) is 4.51. The lowest BCUT2D eigenvalue weighted by atomic mass is 10.2. The van der Waals surface area contributed by atoms with Crippen molar-refractivity contribution in [2.24, 2.45) is 0 Å². The number of piperazine rings is 1. The Morgan fingerprint density at radius 1 is 1.18 bits per heavy atom. The first-order chi connectivity index (χ1) is 10.5. The Morgan fingerprint density at radius 3 is 2.36 bits per heavy atom. The SMILES string of the molecule is COc1ccc(/C=C/C(=O)N2CCN(C(C)=O)CC2)cc1F. The Balaban J connectivity index is 1.94. The summed E-state index contributed by atoms with van der Waals surface area (Å²) in [5.41, 5.74) is 0.592. The summed E-state index contributed by atoms with van der Waals surface area (Å²) in [7, 11) is 1.40. The molecule has 0 radical (unpaired) electrons. The second kappa shape index (κ2) is 7.06. The quantitative estimate of drug-likeness (QED) is 0.796. The minimum absolute atomic E-state index is 0.0244. The molecule has 2 rings (SSSR count). The van der Waals surface area contributed by atoms with Crippen LogP contribution in [0.15, 0.2) is 24.3 Å². The lowest BCUT2D eigenvalue weighted by molar-refractivity contribution is -0.135. The summed E-state index contributed by atoms with van der Waals surface area (Å²) in [6.07, 6.45) is 2.99. The van der Waals surface area contributed by atoms with Crippen molar-refractivity contribution in [3.05, 3.63) is 35.7 Å². The van der Waals surface area contributed by atoms with E-state index in [4.69, 9.17) is 4.74 Å². The number of benzene rings is 1. The van der Waals surface area contributed by atoms with Gasteiger partial charge in [0.25, 0.3) is 0 Å². The van der Waals surface area contributed by atoms with Gasteiger partial charge in [0, 0.05) is 39.2 Å². The lowest BCUT2D eigenvalue weighted by Gasteiger charge is -2.33. The fourth-order valence-electron chi connectivity index (χ4n) is 2.30. The van der Waals surface area contributed by atoms with Crippen molar-refractivity contribution in [1.82, 2.24) is 9.80 Å². The molecule has 1 aliphatic rings. The third-order valence-corrected chi connectivity index (χ3v) is 3.63. The molecule has 22 heavy (non-hydrogen) atoms. The van der Waals surface area contributed by atoms with Crippen LogP contribution in [0.4, 0.5) is 4.39 Å². The molecule has 1 aliphatic heterocycles. The maximum atomic E-state index is 13.6. The van der Waals surface area contributed by atoms with E-state index in [1.165, 1.54) is 32.2 Å². The smallest absolute Gasteiger partial charge is 0.246 e. The molecule has 1 saturated heterocycles. The largest absolute Gasteiger partial charge is 0.494 e. The van der Waals surface area contributed by atoms with Crippen molar-refractivity contribution in [3.8, 4) is 5.75 Å². The van der Waals surface area contributed by atoms with Gasteiger partial charge in [-0.05, 0) is 23.8 Å². The van der Waals surface area contributed by atoms with Crippen LogP contribution in [0.2, 0.25) is 0 Å². The monoisotopic (exact) mass is 306 g/mol. The fraction of sp³-hybridized carbons (Fsp3) is 0.375. The van der Waals surface area contributed by atoms with Crippen LogP contribution in [0.1, 0.15) is 12.5 Å². The molecule has 0 spiro atoms. The molecule has 0 aromatic heterocycles. The highest BCUT2D eigenvalue weighted by molar-refractivity contribution is 5.92. The van der Waals surface area contributed by atoms with Gasteiger partial charge in [0.1, 0.15) is 0 Å². The molecule has 0 N–H and O–H groups in total. The van der Waals surface area contributed by atoms with Gasteiger partial charge in [-0.15, -0.1) is 0 Å². The number of ether oxygens (including phenoxy) is 1. The van der Waals surface area contributed by atoms with Crippen LogP contribution in [-0.2, 0) is 9.59 Å². The molecule has 1 aromatic rings. The number of methoxy groups -OCH3 is 1. The van der Waals surface area contributed by atoms with E-state index in [2.05, 4.69) is 0 Å². The van der Waals surface area contributed by atoms with E-state index in [9.17, 15) is 14.0 Å². The molecule has 1 aromatic carbocycles. The van der Waals surface area contributed by atoms with Gasteiger partial charge in [-0.1, -0.05) is 6.07 Å². The predicted molar refractivity (Wildman–Crippen MR) is 80.8 cm³/mol. The Bertz CT molecular complexity index is 593. The minimum Gasteiger partial charge on any atom is -0.494 e. The normalized spacial score (nSPS) is 15.2. The summed E-state index contributed by atoms with van der Waals surface area (Å²) in [6.45, 7) is 3.65. The molecule has 1 fully saturated rings. The molecule has 5 nitrogen and oxygen atoms in total. The second-order valence-corrected chi connectivity index (χ2v) is 5.06. The van der Waals surface area contributed by atoms with Crippen LogP contribution in [0.3, 0.4) is 0 Å². The van der Waals surface area contributed by atoms with Crippen LogP contribution < -0.4 is 4.74 Å². The maximum Gasteiger partial charge on any atom is 0.246 e. The van der Waals surface area contributed by atoms with Gasteiger partial charge in [-0.25, -0.2) is 4.39 Å². The first-order valence-electron chi connectivity index (χ1n) is 7.07. The number of nitrogens with zero attached hydrogens (tertiary/aromatic N) is 2. The first kappa shape index (κ1) is 16.0. The van der Waals surface area contributed by atoms with E-state index in [-0.39, 0.29) is 17.6 Å². The van der Waals surface area contributed by atoms with Crippen LogP contribution >= 0.6 is 0 Å². The summed E-state index contributed by atoms with van der Waals surface area (Å²) >= 11 is 0. The zero-order valence-electron chi connectivity index (χ0n) is 12.7.